The summed E-state index contributed by atoms with van der Waals surface area (Å²) in [5.74, 6) is 0.297. The Bertz CT molecular complexity index is 763. The molecule has 1 N–H and O–H groups in total. The first-order valence-corrected chi connectivity index (χ1v) is 9.41. The summed E-state index contributed by atoms with van der Waals surface area (Å²) < 4.78 is 49.8. The normalized spacial score (nSPS) is 17.2. The Morgan fingerprint density at radius 3 is 2.89 bits per heavy atom. The lowest BCUT2D eigenvalue weighted by atomic mass is 10.2. The van der Waals surface area contributed by atoms with Gasteiger partial charge in [-0.15, -0.1) is 0 Å². The summed E-state index contributed by atoms with van der Waals surface area (Å²) >= 11 is 0.993. The summed E-state index contributed by atoms with van der Waals surface area (Å²) in [6.07, 6.45) is -1.14. The fraction of sp³-hybridized carbons (Fsp3) is 0.471. The van der Waals surface area contributed by atoms with E-state index in [4.69, 9.17) is 9.15 Å². The van der Waals surface area contributed by atoms with E-state index in [1.54, 1.807) is 6.07 Å². The second kappa shape index (κ2) is 8.75. The van der Waals surface area contributed by atoms with Crippen LogP contribution in [0, 0.1) is 0 Å². The number of hydrogen-bond acceptors (Lipinski definition) is 6. The molecule has 0 radical (unpaired) electrons. The van der Waals surface area contributed by atoms with Gasteiger partial charge in [-0.25, -0.2) is 9.97 Å². The molecule has 0 bridgehead atoms. The number of nitrogens with one attached hydrogen (secondary N) is 1. The quantitative estimate of drug-likeness (QED) is 0.565. The van der Waals surface area contributed by atoms with E-state index in [2.05, 4.69) is 15.3 Å². The van der Waals surface area contributed by atoms with Crippen molar-refractivity contribution in [3.63, 3.8) is 0 Å². The number of carbonyl (C=O) groups is 1. The molecule has 27 heavy (non-hydrogen) atoms. The van der Waals surface area contributed by atoms with E-state index in [1.165, 1.54) is 12.3 Å². The maximum Gasteiger partial charge on any atom is 0.433 e. The van der Waals surface area contributed by atoms with Crippen LogP contribution in [-0.4, -0.2) is 40.9 Å². The molecule has 2 aromatic rings. The van der Waals surface area contributed by atoms with E-state index in [9.17, 15) is 18.0 Å². The number of alkyl halides is 3. The third-order valence-electron chi connectivity index (χ3n) is 3.88. The zero-order valence-corrected chi connectivity index (χ0v) is 15.1. The molecule has 1 fully saturated rings. The number of rotatable bonds is 7. The Balaban J connectivity index is 1.58. The topological polar surface area (TPSA) is 77.2 Å². The second-order valence-electron chi connectivity index (χ2n) is 5.93. The molecule has 2 aromatic heterocycles. The summed E-state index contributed by atoms with van der Waals surface area (Å²) in [5.41, 5.74) is -0.998. The highest BCUT2D eigenvalue weighted by atomic mass is 32.2. The van der Waals surface area contributed by atoms with Crippen molar-refractivity contribution in [3.8, 4) is 11.5 Å². The summed E-state index contributed by atoms with van der Waals surface area (Å²) in [4.78, 5) is 19.5. The van der Waals surface area contributed by atoms with E-state index in [0.717, 1.165) is 30.7 Å². The molecule has 3 heterocycles. The molecule has 0 unspecified atom stereocenters. The van der Waals surface area contributed by atoms with Gasteiger partial charge in [0.15, 0.2) is 10.9 Å². The van der Waals surface area contributed by atoms with Crippen molar-refractivity contribution < 1.29 is 27.1 Å². The van der Waals surface area contributed by atoms with Crippen molar-refractivity contribution in [1.29, 1.82) is 0 Å². The average molecular weight is 401 g/mol. The number of furan rings is 1. The van der Waals surface area contributed by atoms with Gasteiger partial charge in [-0.05, 0) is 31.0 Å². The predicted octanol–water partition coefficient (Wildman–Crippen LogP) is 3.53. The van der Waals surface area contributed by atoms with Crippen LogP contribution in [0.1, 0.15) is 25.0 Å². The molecule has 0 saturated carbocycles. The van der Waals surface area contributed by atoms with Gasteiger partial charge >= 0.3 is 6.18 Å². The van der Waals surface area contributed by atoms with Crippen molar-refractivity contribution in [2.75, 3.05) is 18.9 Å². The summed E-state index contributed by atoms with van der Waals surface area (Å²) in [6, 6.07) is 3.93. The van der Waals surface area contributed by atoms with Crippen LogP contribution in [0.2, 0.25) is 0 Å². The van der Waals surface area contributed by atoms with Gasteiger partial charge in [0.25, 0.3) is 0 Å². The van der Waals surface area contributed by atoms with Gasteiger partial charge in [0.2, 0.25) is 5.91 Å². The minimum atomic E-state index is -4.60. The molecule has 10 heteroatoms. The van der Waals surface area contributed by atoms with Crippen molar-refractivity contribution >= 4 is 17.7 Å². The van der Waals surface area contributed by atoms with Crippen LogP contribution in [-0.2, 0) is 15.7 Å². The van der Waals surface area contributed by atoms with E-state index >= 15 is 0 Å². The van der Waals surface area contributed by atoms with Crippen LogP contribution < -0.4 is 5.32 Å². The lowest BCUT2D eigenvalue weighted by molar-refractivity contribution is -0.141. The Kier molecular flexibility index (Phi) is 6.38. The molecule has 1 atom stereocenters. The van der Waals surface area contributed by atoms with Gasteiger partial charge < -0.3 is 14.5 Å². The second-order valence-corrected chi connectivity index (χ2v) is 7.00. The van der Waals surface area contributed by atoms with Crippen LogP contribution in [0.15, 0.2) is 34.0 Å². The van der Waals surface area contributed by atoms with Crippen molar-refractivity contribution in [2.45, 2.75) is 36.7 Å². The zero-order chi connectivity index (χ0) is 19.3. The summed E-state index contributed by atoms with van der Waals surface area (Å²) in [5, 5.41) is 2.71. The predicted molar refractivity (Wildman–Crippen MR) is 92.1 cm³/mol. The zero-order valence-electron chi connectivity index (χ0n) is 14.3. The molecular weight excluding hydrogens is 383 g/mol. The number of halogens is 3. The van der Waals surface area contributed by atoms with Gasteiger partial charge in [0, 0.05) is 25.3 Å². The van der Waals surface area contributed by atoms with Crippen molar-refractivity contribution in [1.82, 2.24) is 15.3 Å². The highest BCUT2D eigenvalue weighted by molar-refractivity contribution is 7.99. The van der Waals surface area contributed by atoms with E-state index in [-0.39, 0.29) is 40.8 Å². The van der Waals surface area contributed by atoms with E-state index in [1.807, 2.05) is 0 Å². The number of thioether (sulfide) groups is 1. The molecule has 0 aromatic carbocycles. The van der Waals surface area contributed by atoms with Crippen molar-refractivity contribution in [3.05, 3.63) is 30.2 Å². The van der Waals surface area contributed by atoms with E-state index < -0.39 is 11.9 Å². The molecule has 1 aliphatic heterocycles. The Morgan fingerprint density at radius 1 is 1.37 bits per heavy atom. The monoisotopic (exact) mass is 401 g/mol. The van der Waals surface area contributed by atoms with Gasteiger partial charge in [0.1, 0.15) is 11.4 Å². The SMILES string of the molecule is O=C(CCSc1nc(-c2ccco2)cc(C(F)(F)F)n1)NC[C@H]1CCCO1. The minimum Gasteiger partial charge on any atom is -0.463 e. The minimum absolute atomic E-state index is 0.0456. The number of aromatic nitrogens is 2. The summed E-state index contributed by atoms with van der Waals surface area (Å²) in [6.45, 7) is 1.16. The molecule has 3 rings (SSSR count). The number of ether oxygens (including phenoxy) is 1. The van der Waals surface area contributed by atoms with Gasteiger partial charge in [-0.2, -0.15) is 13.2 Å². The molecule has 0 aliphatic carbocycles. The van der Waals surface area contributed by atoms with Gasteiger partial charge in [-0.3, -0.25) is 4.79 Å². The molecule has 1 amide bonds. The number of amides is 1. The molecular formula is C17H18F3N3O3S. The first-order valence-electron chi connectivity index (χ1n) is 8.43. The molecule has 1 aliphatic rings. The van der Waals surface area contributed by atoms with Crippen LogP contribution >= 0.6 is 11.8 Å². The fourth-order valence-corrected chi connectivity index (χ4v) is 3.34. The first-order chi connectivity index (χ1) is 12.9. The lowest BCUT2D eigenvalue weighted by Gasteiger charge is -2.11. The number of carbonyl (C=O) groups excluding carboxylic acids is 1. The first kappa shape index (κ1) is 19.7. The van der Waals surface area contributed by atoms with Crippen LogP contribution in [0.4, 0.5) is 13.2 Å². The van der Waals surface area contributed by atoms with Gasteiger partial charge in [0.05, 0.1) is 12.4 Å². The highest BCUT2D eigenvalue weighted by Gasteiger charge is 2.34. The Hall–Kier alpha value is -2.07. The molecule has 0 spiro atoms. The standard InChI is InChI=1S/C17H18F3N3O3S/c18-17(19,20)14-9-12(13-4-2-7-26-13)22-16(23-14)27-8-5-15(24)21-10-11-3-1-6-25-11/h2,4,7,9,11H,1,3,5-6,8,10H2,(H,21,24)/t11-/m1/s1. The maximum atomic E-state index is 13.1. The molecule has 6 nitrogen and oxygen atoms in total. The van der Waals surface area contributed by atoms with Crippen LogP contribution in [0.5, 0.6) is 0 Å². The third kappa shape index (κ3) is 5.70. The largest absolute Gasteiger partial charge is 0.463 e. The molecule has 1 saturated heterocycles. The Morgan fingerprint density at radius 2 is 2.22 bits per heavy atom. The highest BCUT2D eigenvalue weighted by Crippen LogP contribution is 2.32. The fourth-order valence-electron chi connectivity index (χ4n) is 2.54. The average Bonchev–Trinajstić information content (AvgIpc) is 3.33. The molecule has 146 valence electrons. The maximum absolute atomic E-state index is 13.1. The Labute approximate surface area is 157 Å². The number of nitrogens with zero attached hydrogens (tertiary/aromatic N) is 2. The smallest absolute Gasteiger partial charge is 0.433 e. The lowest BCUT2D eigenvalue weighted by Crippen LogP contribution is -2.31. The number of hydrogen-bond donors (Lipinski definition) is 1. The van der Waals surface area contributed by atoms with Crippen LogP contribution in [0.25, 0.3) is 11.5 Å². The van der Waals surface area contributed by atoms with Crippen molar-refractivity contribution in [2.24, 2.45) is 0 Å². The third-order valence-corrected chi connectivity index (χ3v) is 4.73. The summed E-state index contributed by atoms with van der Waals surface area (Å²) in [7, 11) is 0. The van der Waals surface area contributed by atoms with Gasteiger partial charge in [-0.1, -0.05) is 11.8 Å². The van der Waals surface area contributed by atoms with E-state index in [0.29, 0.717) is 13.2 Å². The van der Waals surface area contributed by atoms with Crippen LogP contribution in [0.3, 0.4) is 0 Å².